The molecule has 196 valence electrons. The zero-order valence-electron chi connectivity index (χ0n) is 21.3. The van der Waals surface area contributed by atoms with E-state index in [1.165, 1.54) is 12.0 Å². The Morgan fingerprint density at radius 1 is 0.974 bits per heavy atom. The van der Waals surface area contributed by atoms with Gasteiger partial charge in [0.05, 0.1) is 46.3 Å². The summed E-state index contributed by atoms with van der Waals surface area (Å²) in [6, 6.07) is 17.4. The summed E-state index contributed by atoms with van der Waals surface area (Å²) in [5.74, 6) is -1.71. The van der Waals surface area contributed by atoms with E-state index < -0.39 is 11.9 Å². The molecule has 0 spiro atoms. The zero-order valence-corrected chi connectivity index (χ0v) is 22.8. The van der Waals surface area contributed by atoms with Crippen molar-refractivity contribution in [2.75, 3.05) is 45.0 Å². The minimum absolute atomic E-state index is 0.175. The number of benzene rings is 3. The van der Waals surface area contributed by atoms with Crippen LogP contribution in [0, 0.1) is 0 Å². The fourth-order valence-electron chi connectivity index (χ4n) is 4.26. The Hall–Kier alpha value is -3.72. The summed E-state index contributed by atoms with van der Waals surface area (Å²) in [5.41, 5.74) is 3.51. The molecule has 1 atom stereocenters. The van der Waals surface area contributed by atoms with Gasteiger partial charge in [0.15, 0.2) is 0 Å². The van der Waals surface area contributed by atoms with Gasteiger partial charge in [-0.25, -0.2) is 4.79 Å². The van der Waals surface area contributed by atoms with E-state index >= 15 is 0 Å². The lowest BCUT2D eigenvalue weighted by Gasteiger charge is -2.22. The monoisotopic (exact) mass is 552 g/mol. The summed E-state index contributed by atoms with van der Waals surface area (Å²) in [5, 5.41) is 3.34. The molecule has 1 aliphatic rings. The van der Waals surface area contributed by atoms with Gasteiger partial charge in [0.2, 0.25) is 11.8 Å². The Bertz CT molecular complexity index is 1420. The van der Waals surface area contributed by atoms with E-state index in [9.17, 15) is 14.4 Å². The number of aliphatic imine (C=N–C) groups is 1. The molecule has 2 amide bonds. The second kappa shape index (κ2) is 11.3. The molecule has 0 aliphatic carbocycles. The largest absolute Gasteiger partial charge is 0.465 e. The molecule has 0 bridgehead atoms. The topological polar surface area (TPSA) is 91.3 Å². The van der Waals surface area contributed by atoms with Crippen LogP contribution in [0.5, 0.6) is 0 Å². The molecule has 0 aromatic heterocycles. The number of methoxy groups -OCH3 is 1. The number of anilines is 2. The molecule has 0 fully saturated rings. The van der Waals surface area contributed by atoms with Gasteiger partial charge in [-0.05, 0) is 49.5 Å². The predicted molar refractivity (Wildman–Crippen MR) is 150 cm³/mol. The van der Waals surface area contributed by atoms with Crippen molar-refractivity contribution in [1.29, 1.82) is 0 Å². The van der Waals surface area contributed by atoms with E-state index in [2.05, 4.69) is 5.32 Å². The van der Waals surface area contributed by atoms with Gasteiger partial charge in [-0.2, -0.15) is 0 Å². The number of nitrogens with zero attached hydrogens (tertiary/aromatic N) is 3. The number of ether oxygens (including phenoxy) is 1. The van der Waals surface area contributed by atoms with Crippen LogP contribution in [-0.2, 0) is 14.3 Å². The lowest BCUT2D eigenvalue weighted by molar-refractivity contribution is -0.119. The second-order valence-corrected chi connectivity index (χ2v) is 9.84. The first-order valence-electron chi connectivity index (χ1n) is 11.7. The van der Waals surface area contributed by atoms with Crippen LogP contribution in [-0.4, -0.2) is 63.2 Å². The predicted octanol–water partition coefficient (Wildman–Crippen LogP) is 5.16. The van der Waals surface area contributed by atoms with Gasteiger partial charge in [0.25, 0.3) is 0 Å². The molecule has 38 heavy (non-hydrogen) atoms. The van der Waals surface area contributed by atoms with Crippen LogP contribution in [0.3, 0.4) is 0 Å². The Kier molecular flexibility index (Phi) is 8.16. The van der Waals surface area contributed by atoms with E-state index in [-0.39, 0.29) is 28.4 Å². The van der Waals surface area contributed by atoms with E-state index in [1.807, 2.05) is 30.3 Å². The van der Waals surface area contributed by atoms with Gasteiger partial charge in [0.1, 0.15) is 5.92 Å². The van der Waals surface area contributed by atoms with E-state index in [1.54, 1.807) is 56.4 Å². The van der Waals surface area contributed by atoms with Crippen molar-refractivity contribution in [3.8, 4) is 0 Å². The third kappa shape index (κ3) is 5.57. The number of carbonyl (C=O) groups is 3. The Labute approximate surface area is 230 Å². The highest BCUT2D eigenvalue weighted by Gasteiger charge is 2.36. The van der Waals surface area contributed by atoms with Crippen molar-refractivity contribution in [2.45, 2.75) is 5.92 Å². The van der Waals surface area contributed by atoms with Crippen molar-refractivity contribution in [1.82, 2.24) is 4.90 Å². The van der Waals surface area contributed by atoms with Crippen molar-refractivity contribution in [3.05, 3.63) is 87.4 Å². The number of amides is 2. The number of fused-ring (bicyclic) bond motifs is 1. The first-order chi connectivity index (χ1) is 18.1. The summed E-state index contributed by atoms with van der Waals surface area (Å²) in [7, 11) is 6.51. The molecular weight excluding hydrogens is 527 g/mol. The van der Waals surface area contributed by atoms with Gasteiger partial charge in [-0.1, -0.05) is 59.6 Å². The summed E-state index contributed by atoms with van der Waals surface area (Å²) < 4.78 is 4.80. The summed E-state index contributed by atoms with van der Waals surface area (Å²) in [4.78, 5) is 45.8. The summed E-state index contributed by atoms with van der Waals surface area (Å²) in [6.07, 6.45) is 0. The average molecular weight is 553 g/mol. The van der Waals surface area contributed by atoms with Crippen molar-refractivity contribution in [3.63, 3.8) is 0 Å². The van der Waals surface area contributed by atoms with Crippen LogP contribution in [0.15, 0.2) is 65.7 Å². The highest BCUT2D eigenvalue weighted by atomic mass is 35.5. The maximum atomic E-state index is 13.2. The average Bonchev–Trinajstić information content (AvgIpc) is 3.21. The van der Waals surface area contributed by atoms with Crippen LogP contribution >= 0.6 is 23.2 Å². The fourth-order valence-corrected chi connectivity index (χ4v) is 4.99. The number of rotatable bonds is 7. The first-order valence-corrected chi connectivity index (χ1v) is 12.4. The number of carbonyl (C=O) groups excluding carboxylic acids is 3. The number of likely N-dealkylation sites (N-methyl/N-ethyl adjacent to an activating group) is 2. The Morgan fingerprint density at radius 3 is 2.24 bits per heavy atom. The van der Waals surface area contributed by atoms with E-state index in [0.29, 0.717) is 33.9 Å². The molecule has 1 N–H and O–H groups in total. The number of esters is 1. The van der Waals surface area contributed by atoms with Crippen LogP contribution in [0.1, 0.15) is 27.4 Å². The quantitative estimate of drug-likeness (QED) is 0.323. The third-order valence-electron chi connectivity index (χ3n) is 6.06. The van der Waals surface area contributed by atoms with E-state index in [0.717, 1.165) is 5.56 Å². The molecular formula is C28H26Cl2N4O4. The van der Waals surface area contributed by atoms with Gasteiger partial charge in [-0.3, -0.25) is 14.6 Å². The molecule has 3 aromatic carbocycles. The minimum atomic E-state index is -0.749. The SMILES string of the molecule is COC(=O)c1ccc2c(c1)NC(=O)C2C(=Nc1cc(Cl)c(N(C)C(=O)CN(C)C)c(Cl)c1)c1ccccc1. The zero-order chi connectivity index (χ0) is 27.6. The maximum Gasteiger partial charge on any atom is 0.337 e. The highest BCUT2D eigenvalue weighted by Crippen LogP contribution is 2.40. The van der Waals surface area contributed by atoms with Crippen molar-refractivity contribution >= 4 is 63.8 Å². The molecule has 3 aromatic rings. The standard InChI is InChI=1S/C28H26Cl2N4O4/c1-33(2)15-23(35)34(3)26-20(29)13-18(14-21(26)30)31-25(16-8-6-5-7-9-16)24-19-11-10-17(28(37)38-4)12-22(19)32-27(24)36/h5-14,24H,15H2,1-4H3,(H,32,36). The molecule has 1 heterocycles. The van der Waals surface area contributed by atoms with Crippen molar-refractivity contribution < 1.29 is 19.1 Å². The third-order valence-corrected chi connectivity index (χ3v) is 6.64. The van der Waals surface area contributed by atoms with Crippen LogP contribution in [0.2, 0.25) is 10.0 Å². The molecule has 10 heteroatoms. The fraction of sp³-hybridized carbons (Fsp3) is 0.214. The number of halogens is 2. The molecule has 4 rings (SSSR count). The molecule has 0 radical (unpaired) electrons. The van der Waals surface area contributed by atoms with Crippen LogP contribution in [0.25, 0.3) is 0 Å². The van der Waals surface area contributed by atoms with Crippen molar-refractivity contribution in [2.24, 2.45) is 4.99 Å². The number of nitrogens with one attached hydrogen (secondary N) is 1. The van der Waals surface area contributed by atoms with Gasteiger partial charge < -0.3 is 19.9 Å². The lowest BCUT2D eigenvalue weighted by Crippen LogP contribution is -2.35. The normalized spacial score (nSPS) is 14.8. The molecule has 1 aliphatic heterocycles. The Morgan fingerprint density at radius 2 is 1.63 bits per heavy atom. The Balaban J connectivity index is 1.79. The molecule has 1 unspecified atom stereocenters. The minimum Gasteiger partial charge on any atom is -0.465 e. The molecule has 8 nitrogen and oxygen atoms in total. The number of hydrogen-bond donors (Lipinski definition) is 1. The van der Waals surface area contributed by atoms with Crippen LogP contribution < -0.4 is 10.2 Å². The smallest absolute Gasteiger partial charge is 0.337 e. The molecule has 0 saturated carbocycles. The van der Waals surface area contributed by atoms with Gasteiger partial charge in [0, 0.05) is 12.7 Å². The summed E-state index contributed by atoms with van der Waals surface area (Å²) >= 11 is 13.2. The van der Waals surface area contributed by atoms with Crippen LogP contribution in [0.4, 0.5) is 17.1 Å². The first kappa shape index (κ1) is 27.3. The summed E-state index contributed by atoms with van der Waals surface area (Å²) in [6.45, 7) is 0.190. The van der Waals surface area contributed by atoms with Gasteiger partial charge in [-0.15, -0.1) is 0 Å². The van der Waals surface area contributed by atoms with E-state index in [4.69, 9.17) is 32.9 Å². The number of hydrogen-bond acceptors (Lipinski definition) is 6. The van der Waals surface area contributed by atoms with Gasteiger partial charge >= 0.3 is 5.97 Å². The lowest BCUT2D eigenvalue weighted by atomic mass is 9.90. The maximum absolute atomic E-state index is 13.2. The second-order valence-electron chi connectivity index (χ2n) is 9.03. The molecule has 0 saturated heterocycles. The highest BCUT2D eigenvalue weighted by molar-refractivity contribution is 6.40.